The summed E-state index contributed by atoms with van der Waals surface area (Å²) in [6, 6.07) is 0.807. The van der Waals surface area contributed by atoms with Gasteiger partial charge in [-0.2, -0.15) is 0 Å². The molecule has 5 heteroatoms. The molecule has 0 heterocycles. The highest BCUT2D eigenvalue weighted by molar-refractivity contribution is 4.84. The Morgan fingerprint density at radius 2 is 1.76 bits per heavy atom. The van der Waals surface area contributed by atoms with Crippen molar-refractivity contribution in [3.63, 3.8) is 0 Å². The molecule has 5 nitrogen and oxygen atoms in total. The molecule has 0 radical (unpaired) electrons. The van der Waals surface area contributed by atoms with Crippen molar-refractivity contribution >= 4 is 0 Å². The van der Waals surface area contributed by atoms with Gasteiger partial charge in [0, 0.05) is 25.8 Å². The Morgan fingerprint density at radius 1 is 1.12 bits per heavy atom. The van der Waals surface area contributed by atoms with Crippen molar-refractivity contribution in [2.75, 3.05) is 46.8 Å². The van der Waals surface area contributed by atoms with E-state index in [2.05, 4.69) is 5.32 Å². The topological polar surface area (TPSA) is 60.0 Å². The number of hydrogen-bond donors (Lipinski definition) is 2. The molecular weight excluding hydrogens is 222 g/mol. The average molecular weight is 247 g/mol. The molecule has 1 saturated carbocycles. The Hall–Kier alpha value is -0.200. The van der Waals surface area contributed by atoms with E-state index in [1.165, 1.54) is 12.8 Å². The fraction of sp³-hybridized carbons (Fsp3) is 1.00. The molecule has 102 valence electrons. The Balaban J connectivity index is 1.81. The van der Waals surface area contributed by atoms with E-state index in [4.69, 9.17) is 19.3 Å². The molecule has 1 unspecified atom stereocenters. The van der Waals surface area contributed by atoms with E-state index in [1.54, 1.807) is 7.11 Å². The highest BCUT2D eigenvalue weighted by Gasteiger charge is 2.23. The standard InChI is InChI=1S/C12H25NO4/c1-15-6-7-17-9-8-16-5-4-12(10-14)13-11-2-3-11/h11-14H,2-10H2,1H3. The van der Waals surface area contributed by atoms with Crippen molar-refractivity contribution in [3.05, 3.63) is 0 Å². The second kappa shape index (κ2) is 9.79. The Kier molecular flexibility index (Phi) is 8.56. The van der Waals surface area contributed by atoms with E-state index in [0.29, 0.717) is 39.1 Å². The summed E-state index contributed by atoms with van der Waals surface area (Å²) in [6.07, 6.45) is 3.33. The summed E-state index contributed by atoms with van der Waals surface area (Å²) in [4.78, 5) is 0. The van der Waals surface area contributed by atoms with Gasteiger partial charge in [-0.3, -0.25) is 0 Å². The Bertz CT molecular complexity index is 176. The summed E-state index contributed by atoms with van der Waals surface area (Å²) in [5.41, 5.74) is 0. The molecule has 1 fully saturated rings. The monoisotopic (exact) mass is 247 g/mol. The molecule has 1 atom stereocenters. The lowest BCUT2D eigenvalue weighted by atomic mass is 10.2. The van der Waals surface area contributed by atoms with E-state index < -0.39 is 0 Å². The first kappa shape index (κ1) is 14.9. The van der Waals surface area contributed by atoms with Gasteiger partial charge in [0.15, 0.2) is 0 Å². The van der Waals surface area contributed by atoms with Crippen LogP contribution in [0.5, 0.6) is 0 Å². The van der Waals surface area contributed by atoms with Crippen LogP contribution in [0, 0.1) is 0 Å². The SMILES string of the molecule is COCCOCCOCCC(CO)NC1CC1. The first-order chi connectivity index (χ1) is 8.36. The molecule has 0 aromatic carbocycles. The van der Waals surface area contributed by atoms with Gasteiger partial charge in [-0.25, -0.2) is 0 Å². The number of ether oxygens (including phenoxy) is 3. The summed E-state index contributed by atoms with van der Waals surface area (Å²) >= 11 is 0. The van der Waals surface area contributed by atoms with Crippen molar-refractivity contribution < 1.29 is 19.3 Å². The number of methoxy groups -OCH3 is 1. The minimum absolute atomic E-state index is 0.178. The van der Waals surface area contributed by atoms with Crippen LogP contribution in [-0.2, 0) is 14.2 Å². The third kappa shape index (κ3) is 8.51. The zero-order chi connectivity index (χ0) is 12.3. The van der Waals surface area contributed by atoms with Crippen LogP contribution in [0.15, 0.2) is 0 Å². The first-order valence-electron chi connectivity index (χ1n) is 6.38. The van der Waals surface area contributed by atoms with Gasteiger partial charge in [-0.05, 0) is 19.3 Å². The fourth-order valence-corrected chi connectivity index (χ4v) is 1.50. The van der Waals surface area contributed by atoms with Crippen LogP contribution in [0.25, 0.3) is 0 Å². The normalized spacial score (nSPS) is 17.3. The van der Waals surface area contributed by atoms with E-state index in [1.807, 2.05) is 0 Å². The second-order valence-corrected chi connectivity index (χ2v) is 4.33. The van der Waals surface area contributed by atoms with Crippen LogP contribution in [-0.4, -0.2) is 63.9 Å². The van der Waals surface area contributed by atoms with Crippen LogP contribution < -0.4 is 5.32 Å². The average Bonchev–Trinajstić information content (AvgIpc) is 3.15. The summed E-state index contributed by atoms with van der Waals surface area (Å²) < 4.78 is 15.6. The summed E-state index contributed by atoms with van der Waals surface area (Å²) in [5, 5.41) is 12.5. The molecule has 17 heavy (non-hydrogen) atoms. The van der Waals surface area contributed by atoms with Crippen LogP contribution in [0.2, 0.25) is 0 Å². The minimum Gasteiger partial charge on any atom is -0.395 e. The zero-order valence-electron chi connectivity index (χ0n) is 10.7. The molecule has 0 amide bonds. The highest BCUT2D eigenvalue weighted by Crippen LogP contribution is 2.19. The van der Waals surface area contributed by atoms with Crippen LogP contribution >= 0.6 is 0 Å². The minimum atomic E-state index is 0.178. The van der Waals surface area contributed by atoms with Crippen molar-refractivity contribution in [3.8, 4) is 0 Å². The molecule has 0 spiro atoms. The predicted molar refractivity (Wildman–Crippen MR) is 65.2 cm³/mol. The molecule has 2 N–H and O–H groups in total. The van der Waals surface area contributed by atoms with E-state index in [0.717, 1.165) is 6.42 Å². The first-order valence-corrected chi connectivity index (χ1v) is 6.38. The molecule has 0 bridgehead atoms. The summed E-state index contributed by atoms with van der Waals surface area (Å²) in [7, 11) is 1.65. The second-order valence-electron chi connectivity index (χ2n) is 4.33. The van der Waals surface area contributed by atoms with Crippen molar-refractivity contribution in [2.24, 2.45) is 0 Å². The largest absolute Gasteiger partial charge is 0.395 e. The van der Waals surface area contributed by atoms with Gasteiger partial charge in [0.2, 0.25) is 0 Å². The molecule has 0 aliphatic heterocycles. The number of hydrogen-bond acceptors (Lipinski definition) is 5. The fourth-order valence-electron chi connectivity index (χ4n) is 1.50. The third-order valence-electron chi connectivity index (χ3n) is 2.68. The maximum absolute atomic E-state index is 9.15. The molecular formula is C12H25NO4. The quantitative estimate of drug-likeness (QED) is 0.481. The van der Waals surface area contributed by atoms with E-state index >= 15 is 0 Å². The number of aliphatic hydroxyl groups excluding tert-OH is 1. The van der Waals surface area contributed by atoms with Gasteiger partial charge in [0.1, 0.15) is 0 Å². The molecule has 0 aromatic rings. The lowest BCUT2D eigenvalue weighted by Gasteiger charge is -2.15. The maximum Gasteiger partial charge on any atom is 0.0701 e. The molecule has 0 saturated heterocycles. The Morgan fingerprint density at radius 3 is 2.35 bits per heavy atom. The smallest absolute Gasteiger partial charge is 0.0701 e. The van der Waals surface area contributed by atoms with E-state index in [9.17, 15) is 0 Å². The molecule has 1 rings (SSSR count). The van der Waals surface area contributed by atoms with E-state index in [-0.39, 0.29) is 12.6 Å². The van der Waals surface area contributed by atoms with Gasteiger partial charge in [-0.1, -0.05) is 0 Å². The van der Waals surface area contributed by atoms with Gasteiger partial charge >= 0.3 is 0 Å². The number of aliphatic hydroxyl groups is 1. The van der Waals surface area contributed by atoms with Gasteiger partial charge in [0.05, 0.1) is 33.0 Å². The van der Waals surface area contributed by atoms with Gasteiger partial charge in [-0.15, -0.1) is 0 Å². The predicted octanol–water partition coefficient (Wildman–Crippen LogP) is 0.169. The van der Waals surface area contributed by atoms with Crippen molar-refractivity contribution in [2.45, 2.75) is 31.3 Å². The number of nitrogens with one attached hydrogen (secondary N) is 1. The van der Waals surface area contributed by atoms with Gasteiger partial charge < -0.3 is 24.6 Å². The Labute approximate surface area is 103 Å². The maximum atomic E-state index is 9.15. The third-order valence-corrected chi connectivity index (χ3v) is 2.68. The molecule has 1 aliphatic rings. The van der Waals surface area contributed by atoms with Crippen molar-refractivity contribution in [1.82, 2.24) is 5.32 Å². The molecule has 0 aromatic heterocycles. The zero-order valence-corrected chi connectivity index (χ0v) is 10.7. The number of rotatable bonds is 12. The molecule has 1 aliphatic carbocycles. The van der Waals surface area contributed by atoms with Crippen molar-refractivity contribution in [1.29, 1.82) is 0 Å². The van der Waals surface area contributed by atoms with Gasteiger partial charge in [0.25, 0.3) is 0 Å². The van der Waals surface area contributed by atoms with Crippen LogP contribution in [0.3, 0.4) is 0 Å². The van der Waals surface area contributed by atoms with Crippen LogP contribution in [0.4, 0.5) is 0 Å². The summed E-state index contributed by atoms with van der Waals surface area (Å²) in [5.74, 6) is 0. The highest BCUT2D eigenvalue weighted by atomic mass is 16.5. The summed E-state index contributed by atoms with van der Waals surface area (Å²) in [6.45, 7) is 3.29. The lowest BCUT2D eigenvalue weighted by molar-refractivity contribution is 0.0216. The van der Waals surface area contributed by atoms with Crippen LogP contribution in [0.1, 0.15) is 19.3 Å². The lowest BCUT2D eigenvalue weighted by Crippen LogP contribution is -2.35.